The second-order valence-electron chi connectivity index (χ2n) is 5.00. The van der Waals surface area contributed by atoms with Gasteiger partial charge < -0.3 is 14.6 Å². The van der Waals surface area contributed by atoms with E-state index in [2.05, 4.69) is 0 Å². The zero-order valence-electron chi connectivity index (χ0n) is 12.4. The highest BCUT2D eigenvalue weighted by Crippen LogP contribution is 2.47. The van der Waals surface area contributed by atoms with Gasteiger partial charge in [0.25, 0.3) is 15.9 Å². The summed E-state index contributed by atoms with van der Waals surface area (Å²) < 4.78 is 45.2. The average molecular weight is 384 g/mol. The second-order valence-corrected chi connectivity index (χ2v) is 7.09. The highest BCUT2D eigenvalue weighted by Gasteiger charge is 2.26. The number of furan rings is 1. The van der Waals surface area contributed by atoms with Gasteiger partial charge in [0.05, 0.1) is 9.92 Å². The molecule has 0 saturated carbocycles. The largest absolute Gasteiger partial charge is 0.502 e. The third kappa shape index (κ3) is 3.26. The quantitative estimate of drug-likeness (QED) is 0.633. The van der Waals surface area contributed by atoms with E-state index in [0.717, 1.165) is 12.1 Å². The Morgan fingerprint density at radius 3 is 2.40 bits per heavy atom. The van der Waals surface area contributed by atoms with Gasteiger partial charge in [0.1, 0.15) is 5.82 Å². The lowest BCUT2D eigenvalue weighted by atomic mass is 10.1. The Hall–Kier alpha value is -2.71. The van der Waals surface area contributed by atoms with Crippen LogP contribution < -0.4 is 4.72 Å². The minimum Gasteiger partial charge on any atom is -0.502 e. The molecule has 0 unspecified atom stereocenters. The van der Waals surface area contributed by atoms with Crippen LogP contribution in [0.4, 0.5) is 10.3 Å². The van der Waals surface area contributed by atoms with Crippen molar-refractivity contribution in [2.24, 2.45) is 0 Å². The summed E-state index contributed by atoms with van der Waals surface area (Å²) in [6, 6.07) is 10.7. The molecule has 0 saturated heterocycles. The molecular weight excluding hydrogens is 373 g/mol. The van der Waals surface area contributed by atoms with E-state index in [4.69, 9.17) is 16.0 Å². The van der Waals surface area contributed by atoms with Crippen LogP contribution in [0.5, 0.6) is 11.5 Å². The van der Waals surface area contributed by atoms with Crippen LogP contribution in [-0.4, -0.2) is 18.6 Å². The highest BCUT2D eigenvalue weighted by atomic mass is 35.5. The predicted octanol–water partition coefficient (Wildman–Crippen LogP) is 3.95. The van der Waals surface area contributed by atoms with Gasteiger partial charge in [-0.25, -0.2) is 17.5 Å². The first-order valence-electron chi connectivity index (χ1n) is 6.87. The summed E-state index contributed by atoms with van der Waals surface area (Å²) in [5.74, 6) is -3.24. The summed E-state index contributed by atoms with van der Waals surface area (Å²) in [4.78, 5) is -0.0735. The summed E-state index contributed by atoms with van der Waals surface area (Å²) in [5, 5.41) is 20.0. The number of anilines is 1. The van der Waals surface area contributed by atoms with Crippen LogP contribution in [-0.2, 0) is 10.0 Å². The molecule has 1 aromatic heterocycles. The van der Waals surface area contributed by atoms with Crippen molar-refractivity contribution in [1.82, 2.24) is 0 Å². The molecule has 25 heavy (non-hydrogen) atoms. The van der Waals surface area contributed by atoms with Crippen molar-refractivity contribution in [2.75, 3.05) is 4.72 Å². The number of nitrogens with one attached hydrogen (secondary N) is 1. The van der Waals surface area contributed by atoms with Crippen molar-refractivity contribution in [2.45, 2.75) is 4.90 Å². The van der Waals surface area contributed by atoms with E-state index in [1.165, 1.54) is 30.3 Å². The van der Waals surface area contributed by atoms with Crippen LogP contribution in [0.15, 0.2) is 57.8 Å². The van der Waals surface area contributed by atoms with E-state index >= 15 is 0 Å². The van der Waals surface area contributed by atoms with Crippen molar-refractivity contribution >= 4 is 27.5 Å². The molecule has 3 rings (SSSR count). The van der Waals surface area contributed by atoms with Gasteiger partial charge in [0.2, 0.25) is 11.5 Å². The summed E-state index contributed by atoms with van der Waals surface area (Å²) >= 11 is 5.94. The molecule has 0 aliphatic rings. The smallest absolute Gasteiger partial charge is 0.264 e. The first-order valence-corrected chi connectivity index (χ1v) is 8.73. The third-order valence-corrected chi connectivity index (χ3v) is 4.99. The number of hydrogen-bond acceptors (Lipinski definition) is 5. The van der Waals surface area contributed by atoms with Gasteiger partial charge in [-0.1, -0.05) is 29.8 Å². The summed E-state index contributed by atoms with van der Waals surface area (Å²) in [6.45, 7) is 0. The van der Waals surface area contributed by atoms with E-state index in [-0.39, 0.29) is 21.2 Å². The van der Waals surface area contributed by atoms with Crippen LogP contribution in [0.25, 0.3) is 11.3 Å². The Kier molecular flexibility index (Phi) is 4.32. The highest BCUT2D eigenvalue weighted by molar-refractivity contribution is 7.92. The second kappa shape index (κ2) is 6.30. The summed E-state index contributed by atoms with van der Waals surface area (Å²) in [5.41, 5.74) is -0.0420. The maximum atomic E-state index is 13.4. The molecule has 0 fully saturated rings. The molecule has 3 aromatic rings. The van der Waals surface area contributed by atoms with Crippen molar-refractivity contribution in [1.29, 1.82) is 0 Å². The number of sulfonamides is 1. The van der Waals surface area contributed by atoms with Crippen LogP contribution >= 0.6 is 11.6 Å². The fourth-order valence-corrected chi connectivity index (χ4v) is 3.34. The van der Waals surface area contributed by atoms with Gasteiger partial charge in [-0.2, -0.15) is 0 Å². The Balaban J connectivity index is 2.04. The van der Waals surface area contributed by atoms with E-state index in [1.54, 1.807) is 6.07 Å². The fraction of sp³-hybridized carbons (Fsp3) is 0. The minimum atomic E-state index is -4.06. The molecule has 0 atom stereocenters. The first kappa shape index (κ1) is 17.1. The average Bonchev–Trinajstić information content (AvgIpc) is 2.86. The Labute approximate surface area is 147 Å². The van der Waals surface area contributed by atoms with E-state index in [9.17, 15) is 23.0 Å². The zero-order chi connectivity index (χ0) is 18.2. The molecule has 6 nitrogen and oxygen atoms in total. The lowest BCUT2D eigenvalue weighted by Gasteiger charge is -2.05. The molecule has 130 valence electrons. The number of halogens is 2. The standard InChI is InChI=1S/C16H11ClFNO5S/c17-12-7-6-9(18)8-11(12)15-13(20)14(21)16(24-15)19-25(22,23)10-4-2-1-3-5-10/h1-8,19-21H. The molecule has 0 amide bonds. The van der Waals surface area contributed by atoms with Gasteiger partial charge in [0.15, 0.2) is 5.76 Å². The molecule has 0 aliphatic heterocycles. The van der Waals surface area contributed by atoms with Gasteiger partial charge in [-0.05, 0) is 30.3 Å². The number of rotatable bonds is 4. The van der Waals surface area contributed by atoms with Crippen LogP contribution in [0, 0.1) is 5.82 Å². The van der Waals surface area contributed by atoms with E-state index in [1.807, 2.05) is 4.72 Å². The SMILES string of the molecule is O=S(=O)(Nc1oc(-c2cc(F)ccc2Cl)c(O)c1O)c1ccccc1. The van der Waals surface area contributed by atoms with E-state index in [0.29, 0.717) is 0 Å². The molecule has 0 bridgehead atoms. The van der Waals surface area contributed by atoms with Crippen LogP contribution in [0.1, 0.15) is 0 Å². The van der Waals surface area contributed by atoms with Gasteiger partial charge in [-0.3, -0.25) is 0 Å². The molecule has 2 aromatic carbocycles. The lowest BCUT2D eigenvalue weighted by Crippen LogP contribution is -2.12. The topological polar surface area (TPSA) is 99.8 Å². The molecule has 0 radical (unpaired) electrons. The van der Waals surface area contributed by atoms with Crippen molar-refractivity contribution in [3.8, 4) is 22.8 Å². The zero-order valence-corrected chi connectivity index (χ0v) is 14.0. The normalized spacial score (nSPS) is 11.4. The molecule has 9 heteroatoms. The Bertz CT molecular complexity index is 1030. The predicted molar refractivity (Wildman–Crippen MR) is 89.7 cm³/mol. The fourth-order valence-electron chi connectivity index (χ4n) is 2.12. The van der Waals surface area contributed by atoms with Crippen molar-refractivity contribution in [3.63, 3.8) is 0 Å². The third-order valence-electron chi connectivity index (χ3n) is 3.31. The first-order chi connectivity index (χ1) is 11.8. The molecule has 3 N–H and O–H groups in total. The summed E-state index contributed by atoms with van der Waals surface area (Å²) in [7, 11) is -4.06. The Morgan fingerprint density at radius 2 is 1.72 bits per heavy atom. The van der Waals surface area contributed by atoms with Gasteiger partial charge >= 0.3 is 0 Å². The number of benzene rings is 2. The van der Waals surface area contributed by atoms with Crippen LogP contribution in [0.2, 0.25) is 5.02 Å². The minimum absolute atomic E-state index is 0.0420. The Morgan fingerprint density at radius 1 is 1.04 bits per heavy atom. The maximum Gasteiger partial charge on any atom is 0.264 e. The number of aromatic hydroxyl groups is 2. The van der Waals surface area contributed by atoms with Gasteiger partial charge in [-0.15, -0.1) is 0 Å². The summed E-state index contributed by atoms with van der Waals surface area (Å²) in [6.07, 6.45) is 0. The molecule has 0 spiro atoms. The molecule has 1 heterocycles. The molecular formula is C16H11ClFNO5S. The molecule has 0 aliphatic carbocycles. The van der Waals surface area contributed by atoms with Crippen molar-refractivity contribution in [3.05, 3.63) is 59.4 Å². The number of hydrogen-bond donors (Lipinski definition) is 3. The van der Waals surface area contributed by atoms with Crippen LogP contribution in [0.3, 0.4) is 0 Å². The maximum absolute atomic E-state index is 13.4. The lowest BCUT2D eigenvalue weighted by molar-refractivity contribution is 0.410. The van der Waals surface area contributed by atoms with Gasteiger partial charge in [0, 0.05) is 5.56 Å². The van der Waals surface area contributed by atoms with Crippen molar-refractivity contribution < 1.29 is 27.4 Å². The monoisotopic (exact) mass is 383 g/mol. The van der Waals surface area contributed by atoms with E-state index < -0.39 is 33.2 Å².